The molecular formula is C12H17NO4. The maximum absolute atomic E-state index is 10.8. The first-order valence-electron chi connectivity index (χ1n) is 5.46. The molecule has 0 radical (unpaired) electrons. The van der Waals surface area contributed by atoms with Gasteiger partial charge in [0.1, 0.15) is 18.4 Å². The van der Waals surface area contributed by atoms with Crippen LogP contribution in [0.5, 0.6) is 5.75 Å². The Bertz CT molecular complexity index is 350. The van der Waals surface area contributed by atoms with Crippen LogP contribution in [0.15, 0.2) is 24.3 Å². The molecule has 1 rings (SSSR count). The number of nitrogens with one attached hydrogen (secondary N) is 1. The quantitative estimate of drug-likeness (QED) is 0.650. The highest BCUT2D eigenvalue weighted by Gasteiger charge is 2.16. The van der Waals surface area contributed by atoms with E-state index in [0.717, 1.165) is 5.56 Å². The second-order valence-electron chi connectivity index (χ2n) is 3.56. The summed E-state index contributed by atoms with van der Waals surface area (Å²) in [6, 6.07) is 6.17. The number of benzene rings is 1. The van der Waals surface area contributed by atoms with Crippen molar-refractivity contribution < 1.29 is 19.7 Å². The second kappa shape index (κ2) is 6.88. The van der Waals surface area contributed by atoms with Gasteiger partial charge in [0, 0.05) is 0 Å². The van der Waals surface area contributed by atoms with Crippen molar-refractivity contribution in [2.75, 3.05) is 13.2 Å². The Kier molecular flexibility index (Phi) is 5.45. The SMILES string of the molecule is CCNC(COc1ccc(CO)cc1)C(=O)O. The van der Waals surface area contributed by atoms with Gasteiger partial charge in [0.2, 0.25) is 0 Å². The van der Waals surface area contributed by atoms with E-state index in [1.54, 1.807) is 24.3 Å². The molecule has 17 heavy (non-hydrogen) atoms. The van der Waals surface area contributed by atoms with Crippen molar-refractivity contribution in [2.24, 2.45) is 0 Å². The molecule has 3 N–H and O–H groups in total. The summed E-state index contributed by atoms with van der Waals surface area (Å²) in [6.07, 6.45) is 0. The van der Waals surface area contributed by atoms with Gasteiger partial charge in [-0.2, -0.15) is 0 Å². The van der Waals surface area contributed by atoms with Crippen LogP contribution in [0.3, 0.4) is 0 Å². The lowest BCUT2D eigenvalue weighted by Gasteiger charge is -2.14. The molecule has 1 aromatic rings. The van der Waals surface area contributed by atoms with Gasteiger partial charge >= 0.3 is 5.97 Å². The summed E-state index contributed by atoms with van der Waals surface area (Å²) in [5, 5.41) is 20.6. The van der Waals surface area contributed by atoms with E-state index >= 15 is 0 Å². The highest BCUT2D eigenvalue weighted by Crippen LogP contribution is 2.12. The van der Waals surface area contributed by atoms with Gasteiger partial charge in [-0.05, 0) is 24.2 Å². The van der Waals surface area contributed by atoms with Crippen LogP contribution in [0.1, 0.15) is 12.5 Å². The van der Waals surface area contributed by atoms with Crippen LogP contribution in [0, 0.1) is 0 Å². The fourth-order valence-electron chi connectivity index (χ4n) is 1.33. The molecule has 0 bridgehead atoms. The van der Waals surface area contributed by atoms with Crippen molar-refractivity contribution in [1.82, 2.24) is 5.32 Å². The average Bonchev–Trinajstić information content (AvgIpc) is 2.34. The molecule has 0 aliphatic heterocycles. The van der Waals surface area contributed by atoms with Gasteiger partial charge in [-0.25, -0.2) is 0 Å². The largest absolute Gasteiger partial charge is 0.491 e. The summed E-state index contributed by atoms with van der Waals surface area (Å²) in [4.78, 5) is 10.8. The maximum atomic E-state index is 10.8. The van der Waals surface area contributed by atoms with Gasteiger partial charge < -0.3 is 20.3 Å². The minimum atomic E-state index is -0.932. The zero-order valence-electron chi connectivity index (χ0n) is 9.72. The van der Waals surface area contributed by atoms with Crippen LogP contribution in [0.25, 0.3) is 0 Å². The number of hydrogen-bond acceptors (Lipinski definition) is 4. The number of carboxylic acids is 1. The van der Waals surface area contributed by atoms with E-state index in [4.69, 9.17) is 14.9 Å². The Morgan fingerprint density at radius 1 is 1.41 bits per heavy atom. The van der Waals surface area contributed by atoms with Crippen LogP contribution < -0.4 is 10.1 Å². The number of carbonyl (C=O) groups is 1. The molecule has 1 aromatic carbocycles. The fourth-order valence-corrected chi connectivity index (χ4v) is 1.33. The summed E-state index contributed by atoms with van der Waals surface area (Å²) in [6.45, 7) is 2.47. The summed E-state index contributed by atoms with van der Waals surface area (Å²) in [5.74, 6) is -0.342. The Hall–Kier alpha value is -1.59. The summed E-state index contributed by atoms with van der Waals surface area (Å²) < 4.78 is 5.36. The number of rotatable bonds is 7. The smallest absolute Gasteiger partial charge is 0.324 e. The molecule has 1 unspecified atom stereocenters. The summed E-state index contributed by atoms with van der Waals surface area (Å²) in [5.41, 5.74) is 0.791. The van der Waals surface area contributed by atoms with Crippen molar-refractivity contribution in [1.29, 1.82) is 0 Å². The molecule has 0 amide bonds. The predicted molar refractivity (Wildman–Crippen MR) is 63.0 cm³/mol. The maximum Gasteiger partial charge on any atom is 0.324 e. The molecule has 0 aromatic heterocycles. The first-order chi connectivity index (χ1) is 8.17. The van der Waals surface area contributed by atoms with Crippen LogP contribution in [-0.4, -0.2) is 35.4 Å². The van der Waals surface area contributed by atoms with Gasteiger partial charge in [-0.3, -0.25) is 4.79 Å². The van der Waals surface area contributed by atoms with Gasteiger partial charge in [-0.15, -0.1) is 0 Å². The van der Waals surface area contributed by atoms with Gasteiger partial charge in [-0.1, -0.05) is 19.1 Å². The molecule has 0 saturated carbocycles. The van der Waals surface area contributed by atoms with E-state index in [1.807, 2.05) is 6.92 Å². The lowest BCUT2D eigenvalue weighted by molar-refractivity contribution is -0.140. The van der Waals surface area contributed by atoms with E-state index in [0.29, 0.717) is 12.3 Å². The molecule has 0 saturated heterocycles. The number of likely N-dealkylation sites (N-methyl/N-ethyl adjacent to an activating group) is 1. The third-order valence-electron chi connectivity index (χ3n) is 2.27. The first-order valence-corrected chi connectivity index (χ1v) is 5.46. The zero-order valence-corrected chi connectivity index (χ0v) is 9.72. The van der Waals surface area contributed by atoms with Crippen molar-refractivity contribution in [3.63, 3.8) is 0 Å². The lowest BCUT2D eigenvalue weighted by atomic mass is 10.2. The fraction of sp³-hybridized carbons (Fsp3) is 0.417. The Morgan fingerprint density at radius 2 is 2.06 bits per heavy atom. The Morgan fingerprint density at radius 3 is 2.53 bits per heavy atom. The number of aliphatic hydroxyl groups is 1. The van der Waals surface area contributed by atoms with Crippen LogP contribution in [0.2, 0.25) is 0 Å². The molecule has 5 heteroatoms. The lowest BCUT2D eigenvalue weighted by Crippen LogP contribution is -2.41. The van der Waals surface area contributed by atoms with E-state index in [1.165, 1.54) is 0 Å². The van der Waals surface area contributed by atoms with E-state index in [9.17, 15) is 4.79 Å². The highest BCUT2D eigenvalue weighted by atomic mass is 16.5. The summed E-state index contributed by atoms with van der Waals surface area (Å²) in [7, 11) is 0. The molecule has 94 valence electrons. The molecule has 5 nitrogen and oxygen atoms in total. The third-order valence-corrected chi connectivity index (χ3v) is 2.27. The van der Waals surface area contributed by atoms with Crippen molar-refractivity contribution in [3.8, 4) is 5.75 Å². The summed E-state index contributed by atoms with van der Waals surface area (Å²) >= 11 is 0. The molecule has 0 aliphatic rings. The molecular weight excluding hydrogens is 222 g/mol. The number of carboxylic acid groups (broad SMARTS) is 1. The molecule has 0 spiro atoms. The molecule has 0 heterocycles. The average molecular weight is 239 g/mol. The standard InChI is InChI=1S/C12H17NO4/c1-2-13-11(12(15)16)8-17-10-5-3-9(7-14)4-6-10/h3-6,11,13-14H,2,7-8H2,1H3,(H,15,16). The number of hydrogen-bond donors (Lipinski definition) is 3. The van der Waals surface area contributed by atoms with Crippen molar-refractivity contribution in [3.05, 3.63) is 29.8 Å². The normalized spacial score (nSPS) is 12.1. The number of aliphatic hydroxyl groups excluding tert-OH is 1. The first kappa shape index (κ1) is 13.5. The van der Waals surface area contributed by atoms with E-state index in [2.05, 4.69) is 5.32 Å². The number of ether oxygens (including phenoxy) is 1. The molecule has 0 aliphatic carbocycles. The van der Waals surface area contributed by atoms with Gasteiger partial charge in [0.15, 0.2) is 0 Å². The zero-order chi connectivity index (χ0) is 12.7. The second-order valence-corrected chi connectivity index (χ2v) is 3.56. The highest BCUT2D eigenvalue weighted by molar-refractivity contribution is 5.73. The molecule has 0 fully saturated rings. The minimum Gasteiger partial charge on any atom is -0.491 e. The van der Waals surface area contributed by atoms with Crippen LogP contribution in [-0.2, 0) is 11.4 Å². The van der Waals surface area contributed by atoms with E-state index in [-0.39, 0.29) is 13.2 Å². The number of aliphatic carboxylic acids is 1. The topological polar surface area (TPSA) is 78.8 Å². The van der Waals surface area contributed by atoms with Crippen LogP contribution in [0.4, 0.5) is 0 Å². The third kappa shape index (κ3) is 4.42. The van der Waals surface area contributed by atoms with Gasteiger partial charge in [0.05, 0.1) is 6.61 Å². The van der Waals surface area contributed by atoms with Gasteiger partial charge in [0.25, 0.3) is 0 Å². The van der Waals surface area contributed by atoms with Crippen molar-refractivity contribution in [2.45, 2.75) is 19.6 Å². The van der Waals surface area contributed by atoms with Crippen molar-refractivity contribution >= 4 is 5.97 Å². The van der Waals surface area contributed by atoms with Crippen LogP contribution >= 0.6 is 0 Å². The predicted octanol–water partition coefficient (Wildman–Crippen LogP) is 0.620. The minimum absolute atomic E-state index is 0.0184. The Balaban J connectivity index is 2.50. The monoisotopic (exact) mass is 239 g/mol. The molecule has 1 atom stereocenters. The Labute approximate surface area is 100 Å². The van der Waals surface area contributed by atoms with E-state index < -0.39 is 12.0 Å².